The molecule has 23 heavy (non-hydrogen) atoms. The largest absolute Gasteiger partial charge is 0.496 e. The number of para-hydroxylation sites is 1. The standard InChI is InChI=1S/C17H18N4OS/c1-22-15-5-3-2-4-13(15)14-10-20-8-6-18-16(20)11-21(14)12-17-19-7-9-23-17/h2-9,14H,10-12H2,1H3/t14-/m0/s1. The Bertz CT molecular complexity index is 784. The minimum absolute atomic E-state index is 0.247. The maximum atomic E-state index is 5.59. The van der Waals surface area contributed by atoms with Crippen LogP contribution < -0.4 is 4.74 Å². The van der Waals surface area contributed by atoms with Gasteiger partial charge in [0.05, 0.1) is 26.2 Å². The van der Waals surface area contributed by atoms with E-state index >= 15 is 0 Å². The molecule has 0 unspecified atom stereocenters. The van der Waals surface area contributed by atoms with Crippen LogP contribution in [0.15, 0.2) is 48.2 Å². The SMILES string of the molecule is COc1ccccc1[C@@H]1Cn2ccnc2CN1Cc1nccs1. The van der Waals surface area contributed by atoms with Crippen LogP contribution in [0.4, 0.5) is 0 Å². The minimum Gasteiger partial charge on any atom is -0.496 e. The van der Waals surface area contributed by atoms with Crippen molar-refractivity contribution in [3.8, 4) is 5.75 Å². The number of fused-ring (bicyclic) bond motifs is 1. The lowest BCUT2D eigenvalue weighted by molar-refractivity contribution is 0.126. The first-order valence-corrected chi connectivity index (χ1v) is 8.48. The quantitative estimate of drug-likeness (QED) is 0.739. The third kappa shape index (κ3) is 2.75. The average molecular weight is 326 g/mol. The van der Waals surface area contributed by atoms with Gasteiger partial charge in [0.1, 0.15) is 16.6 Å². The number of aromatic nitrogens is 3. The van der Waals surface area contributed by atoms with Gasteiger partial charge in [0.15, 0.2) is 0 Å². The van der Waals surface area contributed by atoms with Gasteiger partial charge in [-0.25, -0.2) is 9.97 Å². The summed E-state index contributed by atoms with van der Waals surface area (Å²) in [5.74, 6) is 2.04. The molecule has 2 aromatic heterocycles. The van der Waals surface area contributed by atoms with Gasteiger partial charge < -0.3 is 9.30 Å². The van der Waals surface area contributed by atoms with Gasteiger partial charge in [0, 0.05) is 36.1 Å². The molecule has 1 atom stereocenters. The first-order chi connectivity index (χ1) is 11.3. The van der Waals surface area contributed by atoms with Crippen molar-refractivity contribution in [2.75, 3.05) is 7.11 Å². The predicted molar refractivity (Wildman–Crippen MR) is 89.3 cm³/mol. The second-order valence-electron chi connectivity index (χ2n) is 5.58. The maximum Gasteiger partial charge on any atom is 0.123 e. The Morgan fingerprint density at radius 1 is 1.26 bits per heavy atom. The summed E-state index contributed by atoms with van der Waals surface area (Å²) in [6, 6.07) is 8.51. The van der Waals surface area contributed by atoms with Crippen molar-refractivity contribution in [3.05, 3.63) is 64.6 Å². The van der Waals surface area contributed by atoms with E-state index in [1.165, 1.54) is 5.56 Å². The molecule has 0 radical (unpaired) electrons. The Kier molecular flexibility index (Phi) is 3.85. The Hall–Kier alpha value is -2.18. The van der Waals surface area contributed by atoms with Crippen molar-refractivity contribution in [3.63, 3.8) is 0 Å². The van der Waals surface area contributed by atoms with E-state index in [0.717, 1.165) is 36.2 Å². The van der Waals surface area contributed by atoms with Gasteiger partial charge in [-0.15, -0.1) is 11.3 Å². The van der Waals surface area contributed by atoms with Crippen molar-refractivity contribution in [2.45, 2.75) is 25.7 Å². The van der Waals surface area contributed by atoms with E-state index in [2.05, 4.69) is 37.8 Å². The summed E-state index contributed by atoms with van der Waals surface area (Å²) in [6.45, 7) is 2.52. The van der Waals surface area contributed by atoms with Gasteiger partial charge in [-0.3, -0.25) is 4.90 Å². The summed E-state index contributed by atoms with van der Waals surface area (Å²) in [7, 11) is 1.73. The van der Waals surface area contributed by atoms with Gasteiger partial charge >= 0.3 is 0 Å². The zero-order chi connectivity index (χ0) is 15.6. The van der Waals surface area contributed by atoms with E-state index in [4.69, 9.17) is 4.74 Å². The molecular formula is C17H18N4OS. The monoisotopic (exact) mass is 326 g/mol. The zero-order valence-corrected chi connectivity index (χ0v) is 13.7. The van der Waals surface area contributed by atoms with Crippen LogP contribution in [0.1, 0.15) is 22.4 Å². The Morgan fingerprint density at radius 3 is 3.00 bits per heavy atom. The molecular weight excluding hydrogens is 308 g/mol. The molecule has 0 N–H and O–H groups in total. The zero-order valence-electron chi connectivity index (χ0n) is 12.9. The molecule has 5 nitrogen and oxygen atoms in total. The van der Waals surface area contributed by atoms with Crippen molar-refractivity contribution in [1.29, 1.82) is 0 Å². The molecule has 0 saturated heterocycles. The predicted octanol–water partition coefficient (Wildman–Crippen LogP) is 3.11. The molecule has 0 bridgehead atoms. The van der Waals surface area contributed by atoms with E-state index in [9.17, 15) is 0 Å². The normalized spacial score (nSPS) is 17.9. The van der Waals surface area contributed by atoms with E-state index in [0.29, 0.717) is 0 Å². The highest BCUT2D eigenvalue weighted by atomic mass is 32.1. The van der Waals surface area contributed by atoms with Crippen molar-refractivity contribution in [2.24, 2.45) is 0 Å². The van der Waals surface area contributed by atoms with Crippen LogP contribution >= 0.6 is 11.3 Å². The summed E-state index contributed by atoms with van der Waals surface area (Å²) in [5.41, 5.74) is 1.21. The molecule has 0 spiro atoms. The number of methoxy groups -OCH3 is 1. The maximum absolute atomic E-state index is 5.59. The Labute approximate surface area is 139 Å². The topological polar surface area (TPSA) is 43.2 Å². The highest BCUT2D eigenvalue weighted by Crippen LogP contribution is 2.35. The van der Waals surface area contributed by atoms with Crippen molar-refractivity contribution in [1.82, 2.24) is 19.4 Å². The summed E-state index contributed by atoms with van der Waals surface area (Å²) < 4.78 is 7.82. The molecule has 0 amide bonds. The lowest BCUT2D eigenvalue weighted by Crippen LogP contribution is -2.36. The number of thiazole rings is 1. The number of imidazole rings is 1. The van der Waals surface area contributed by atoms with E-state index in [-0.39, 0.29) is 6.04 Å². The van der Waals surface area contributed by atoms with Crippen LogP contribution in [0.2, 0.25) is 0 Å². The molecule has 1 aromatic carbocycles. The third-order valence-corrected chi connectivity index (χ3v) is 5.04. The Morgan fingerprint density at radius 2 is 2.17 bits per heavy atom. The molecule has 3 aromatic rings. The summed E-state index contributed by atoms with van der Waals surface area (Å²) in [5, 5.41) is 3.16. The molecule has 1 aliphatic heterocycles. The fraction of sp³-hybridized carbons (Fsp3) is 0.294. The average Bonchev–Trinajstić information content (AvgIpc) is 3.25. The van der Waals surface area contributed by atoms with Crippen LogP contribution in [0.5, 0.6) is 5.75 Å². The van der Waals surface area contributed by atoms with Crippen LogP contribution in [0, 0.1) is 0 Å². The molecule has 6 heteroatoms. The molecule has 3 heterocycles. The van der Waals surface area contributed by atoms with Crippen LogP contribution in [-0.2, 0) is 19.6 Å². The van der Waals surface area contributed by atoms with E-state index in [1.54, 1.807) is 18.4 Å². The molecule has 0 aliphatic carbocycles. The summed E-state index contributed by atoms with van der Waals surface area (Å²) in [6.07, 6.45) is 5.79. The lowest BCUT2D eigenvalue weighted by atomic mass is 10.0. The summed E-state index contributed by atoms with van der Waals surface area (Å²) >= 11 is 1.70. The number of rotatable bonds is 4. The van der Waals surface area contributed by atoms with Gasteiger partial charge in [0.2, 0.25) is 0 Å². The fourth-order valence-corrected chi connectivity index (χ4v) is 3.80. The minimum atomic E-state index is 0.247. The molecule has 4 rings (SSSR count). The number of benzene rings is 1. The van der Waals surface area contributed by atoms with Gasteiger partial charge in [0.25, 0.3) is 0 Å². The van der Waals surface area contributed by atoms with Gasteiger partial charge in [-0.2, -0.15) is 0 Å². The molecule has 0 fully saturated rings. The fourth-order valence-electron chi connectivity index (χ4n) is 3.16. The van der Waals surface area contributed by atoms with Crippen molar-refractivity contribution < 1.29 is 4.74 Å². The number of hydrogen-bond donors (Lipinski definition) is 0. The number of hydrogen-bond acceptors (Lipinski definition) is 5. The first-order valence-electron chi connectivity index (χ1n) is 7.60. The summed E-state index contributed by atoms with van der Waals surface area (Å²) in [4.78, 5) is 11.4. The number of nitrogens with zero attached hydrogens (tertiary/aromatic N) is 4. The van der Waals surface area contributed by atoms with E-state index < -0.39 is 0 Å². The third-order valence-electron chi connectivity index (χ3n) is 4.28. The van der Waals surface area contributed by atoms with Crippen LogP contribution in [-0.4, -0.2) is 26.5 Å². The van der Waals surface area contributed by atoms with Gasteiger partial charge in [-0.05, 0) is 6.07 Å². The molecule has 118 valence electrons. The number of ether oxygens (including phenoxy) is 1. The molecule has 1 aliphatic rings. The van der Waals surface area contributed by atoms with Crippen LogP contribution in [0.25, 0.3) is 0 Å². The second-order valence-corrected chi connectivity index (χ2v) is 6.56. The highest BCUT2D eigenvalue weighted by molar-refractivity contribution is 7.09. The lowest BCUT2D eigenvalue weighted by Gasteiger charge is -2.36. The van der Waals surface area contributed by atoms with E-state index in [1.807, 2.05) is 29.9 Å². The molecule has 0 saturated carbocycles. The van der Waals surface area contributed by atoms with Gasteiger partial charge in [-0.1, -0.05) is 18.2 Å². The van der Waals surface area contributed by atoms with Crippen LogP contribution in [0.3, 0.4) is 0 Å². The Balaban J connectivity index is 1.71. The van der Waals surface area contributed by atoms with Crippen molar-refractivity contribution >= 4 is 11.3 Å². The smallest absolute Gasteiger partial charge is 0.123 e. The second kappa shape index (κ2) is 6.14. The highest BCUT2D eigenvalue weighted by Gasteiger charge is 2.30. The first kappa shape index (κ1) is 14.4.